The Hall–Kier alpha value is -3.36. The van der Waals surface area contributed by atoms with Gasteiger partial charge in [0.1, 0.15) is 6.54 Å². The predicted octanol–water partition coefficient (Wildman–Crippen LogP) is 3.98. The van der Waals surface area contributed by atoms with E-state index in [2.05, 4.69) is 5.32 Å². The first-order valence-electron chi connectivity index (χ1n) is 10.8. The van der Waals surface area contributed by atoms with Gasteiger partial charge in [0, 0.05) is 30.2 Å². The van der Waals surface area contributed by atoms with Crippen LogP contribution >= 0.6 is 11.6 Å². The molecule has 0 aromatic heterocycles. The molecule has 0 aliphatic carbocycles. The minimum absolute atomic E-state index is 0.0840. The summed E-state index contributed by atoms with van der Waals surface area (Å²) in [6, 6.07) is 21.6. The van der Waals surface area contributed by atoms with Crippen molar-refractivity contribution < 1.29 is 18.0 Å². The lowest BCUT2D eigenvalue weighted by Crippen LogP contribution is -2.40. The van der Waals surface area contributed by atoms with E-state index in [0.29, 0.717) is 23.7 Å². The summed E-state index contributed by atoms with van der Waals surface area (Å²) in [6.07, 6.45) is 1.37. The van der Waals surface area contributed by atoms with Gasteiger partial charge in [0.05, 0.1) is 10.6 Å². The Labute approximate surface area is 204 Å². The Morgan fingerprint density at radius 2 is 1.74 bits per heavy atom. The highest BCUT2D eigenvalue weighted by atomic mass is 35.5. The zero-order chi connectivity index (χ0) is 24.1. The van der Waals surface area contributed by atoms with E-state index in [1.807, 2.05) is 24.3 Å². The fraction of sp³-hybridized carbons (Fsp3) is 0.200. The van der Waals surface area contributed by atoms with Gasteiger partial charge in [-0.1, -0.05) is 41.9 Å². The van der Waals surface area contributed by atoms with Crippen LogP contribution in [0.15, 0.2) is 83.8 Å². The molecule has 34 heavy (non-hydrogen) atoms. The molecule has 1 aliphatic rings. The van der Waals surface area contributed by atoms with Crippen molar-refractivity contribution in [3.63, 3.8) is 0 Å². The molecule has 3 aromatic carbocycles. The first-order valence-corrected chi connectivity index (χ1v) is 12.7. The first-order chi connectivity index (χ1) is 16.3. The molecule has 2 amide bonds. The molecule has 3 aromatic rings. The highest BCUT2D eigenvalue weighted by Crippen LogP contribution is 2.25. The zero-order valence-electron chi connectivity index (χ0n) is 18.4. The summed E-state index contributed by atoms with van der Waals surface area (Å²) >= 11 is 5.97. The summed E-state index contributed by atoms with van der Waals surface area (Å²) in [4.78, 5) is 26.7. The highest BCUT2D eigenvalue weighted by Gasteiger charge is 2.27. The maximum atomic E-state index is 13.3. The van der Waals surface area contributed by atoms with Gasteiger partial charge in [-0.05, 0) is 60.5 Å². The number of hydrogen-bond donors (Lipinski definition) is 1. The number of sulfonamides is 1. The van der Waals surface area contributed by atoms with Crippen molar-refractivity contribution in [2.75, 3.05) is 22.3 Å². The van der Waals surface area contributed by atoms with Crippen LogP contribution in [0.5, 0.6) is 0 Å². The number of nitrogens with one attached hydrogen (secondary N) is 1. The lowest BCUT2D eigenvalue weighted by atomic mass is 10.2. The molecular formula is C25H24ClN3O4S. The van der Waals surface area contributed by atoms with Crippen molar-refractivity contribution in [3.8, 4) is 0 Å². The minimum Gasteiger partial charge on any atom is -0.350 e. The molecule has 176 valence electrons. The summed E-state index contributed by atoms with van der Waals surface area (Å²) in [5.41, 5.74) is 1.94. The molecule has 1 saturated heterocycles. The fourth-order valence-electron chi connectivity index (χ4n) is 3.78. The average molecular weight is 498 g/mol. The second kappa shape index (κ2) is 10.3. The van der Waals surface area contributed by atoms with Crippen molar-refractivity contribution in [1.82, 2.24) is 5.32 Å². The normalized spacial score (nSPS) is 13.7. The van der Waals surface area contributed by atoms with Gasteiger partial charge in [-0.2, -0.15) is 0 Å². The molecule has 1 aliphatic heterocycles. The molecule has 0 spiro atoms. The number of hydrogen-bond acceptors (Lipinski definition) is 4. The second-order valence-electron chi connectivity index (χ2n) is 7.90. The highest BCUT2D eigenvalue weighted by molar-refractivity contribution is 7.92. The molecule has 0 radical (unpaired) electrons. The summed E-state index contributed by atoms with van der Waals surface area (Å²) in [7, 11) is -3.98. The van der Waals surface area contributed by atoms with E-state index in [1.54, 1.807) is 47.4 Å². The van der Waals surface area contributed by atoms with Crippen molar-refractivity contribution >= 4 is 44.8 Å². The summed E-state index contributed by atoms with van der Waals surface area (Å²) in [6.45, 7) is 0.486. The molecular weight excluding hydrogens is 474 g/mol. The Kier molecular flexibility index (Phi) is 7.19. The molecule has 0 saturated carbocycles. The van der Waals surface area contributed by atoms with Crippen molar-refractivity contribution in [3.05, 3.63) is 89.4 Å². The van der Waals surface area contributed by atoms with Crippen LogP contribution in [0.4, 0.5) is 11.4 Å². The van der Waals surface area contributed by atoms with Gasteiger partial charge < -0.3 is 10.2 Å². The van der Waals surface area contributed by atoms with Crippen molar-refractivity contribution in [2.24, 2.45) is 0 Å². The van der Waals surface area contributed by atoms with Crippen LogP contribution in [0.25, 0.3) is 0 Å². The second-order valence-corrected chi connectivity index (χ2v) is 10.2. The van der Waals surface area contributed by atoms with E-state index in [9.17, 15) is 18.0 Å². The quantitative estimate of drug-likeness (QED) is 0.510. The van der Waals surface area contributed by atoms with E-state index in [1.165, 1.54) is 12.1 Å². The van der Waals surface area contributed by atoms with Crippen molar-refractivity contribution in [1.29, 1.82) is 0 Å². The molecule has 4 rings (SSSR count). The predicted molar refractivity (Wildman–Crippen MR) is 132 cm³/mol. The van der Waals surface area contributed by atoms with Crippen LogP contribution in [0.3, 0.4) is 0 Å². The molecule has 0 atom stereocenters. The minimum atomic E-state index is -3.98. The van der Waals surface area contributed by atoms with E-state index in [0.717, 1.165) is 22.0 Å². The maximum Gasteiger partial charge on any atom is 0.264 e. The molecule has 7 nitrogen and oxygen atoms in total. The van der Waals surface area contributed by atoms with Crippen LogP contribution in [0.1, 0.15) is 18.4 Å². The standard InChI is InChI=1S/C25H24ClN3O4S/c26-20-11-13-21(14-12-20)29(34(32,33)23-8-2-1-3-9-23)18-24(30)27-17-19-6-4-7-22(16-19)28-15-5-10-25(28)31/h1-4,6-9,11-14,16H,5,10,15,17-18H2,(H,27,30). The van der Waals surface area contributed by atoms with Crippen LogP contribution in [0, 0.1) is 0 Å². The van der Waals surface area contributed by atoms with Gasteiger partial charge in [-0.3, -0.25) is 13.9 Å². The molecule has 1 fully saturated rings. The van der Waals surface area contributed by atoms with E-state index in [4.69, 9.17) is 11.6 Å². The Bertz CT molecular complexity index is 1280. The van der Waals surface area contributed by atoms with Crippen LogP contribution in [-0.4, -0.2) is 33.3 Å². The Morgan fingerprint density at radius 1 is 1.00 bits per heavy atom. The van der Waals surface area contributed by atoms with Crippen LogP contribution in [-0.2, 0) is 26.2 Å². The summed E-state index contributed by atoms with van der Waals surface area (Å²) < 4.78 is 27.7. The molecule has 1 N–H and O–H groups in total. The number of anilines is 2. The number of amides is 2. The number of benzene rings is 3. The summed E-state index contributed by atoms with van der Waals surface area (Å²) in [5.74, 6) is -0.372. The van der Waals surface area contributed by atoms with E-state index < -0.39 is 22.5 Å². The third-order valence-electron chi connectivity index (χ3n) is 5.52. The third-order valence-corrected chi connectivity index (χ3v) is 7.56. The van der Waals surface area contributed by atoms with Gasteiger partial charge in [0.25, 0.3) is 10.0 Å². The van der Waals surface area contributed by atoms with Gasteiger partial charge >= 0.3 is 0 Å². The maximum absolute atomic E-state index is 13.3. The zero-order valence-corrected chi connectivity index (χ0v) is 19.9. The van der Waals surface area contributed by atoms with Crippen LogP contribution in [0.2, 0.25) is 5.02 Å². The topological polar surface area (TPSA) is 86.8 Å². The van der Waals surface area contributed by atoms with Gasteiger partial charge in [-0.15, -0.1) is 0 Å². The Balaban J connectivity index is 1.50. The summed E-state index contributed by atoms with van der Waals surface area (Å²) in [5, 5.41) is 3.25. The van der Waals surface area contributed by atoms with E-state index >= 15 is 0 Å². The largest absolute Gasteiger partial charge is 0.350 e. The number of halogens is 1. The molecule has 0 bridgehead atoms. The van der Waals surface area contributed by atoms with Crippen molar-refractivity contribution in [2.45, 2.75) is 24.3 Å². The smallest absolute Gasteiger partial charge is 0.264 e. The molecule has 9 heteroatoms. The molecule has 1 heterocycles. The lowest BCUT2D eigenvalue weighted by molar-refractivity contribution is -0.120. The van der Waals surface area contributed by atoms with E-state index in [-0.39, 0.29) is 17.3 Å². The number of rotatable bonds is 8. The first kappa shape index (κ1) is 23.8. The SMILES string of the molecule is O=C(CN(c1ccc(Cl)cc1)S(=O)(=O)c1ccccc1)NCc1cccc(N2CCCC2=O)c1. The number of nitrogens with zero attached hydrogens (tertiary/aromatic N) is 2. The van der Waals surface area contributed by atoms with Gasteiger partial charge in [-0.25, -0.2) is 8.42 Å². The third kappa shape index (κ3) is 5.40. The number of carbonyl (C=O) groups excluding carboxylic acids is 2. The van der Waals surface area contributed by atoms with Gasteiger partial charge in [0.15, 0.2) is 0 Å². The number of carbonyl (C=O) groups is 2. The monoisotopic (exact) mass is 497 g/mol. The fourth-order valence-corrected chi connectivity index (χ4v) is 5.35. The Morgan fingerprint density at radius 3 is 2.41 bits per heavy atom. The van der Waals surface area contributed by atoms with Gasteiger partial charge in [0.2, 0.25) is 11.8 Å². The van der Waals surface area contributed by atoms with Crippen LogP contribution < -0.4 is 14.5 Å². The molecule has 0 unspecified atom stereocenters. The average Bonchev–Trinajstić information content (AvgIpc) is 3.28. The lowest BCUT2D eigenvalue weighted by Gasteiger charge is -2.24.